The molecule has 1 aliphatic heterocycles. The van der Waals surface area contributed by atoms with Crippen LogP contribution in [0.3, 0.4) is 0 Å². The first-order valence-electron chi connectivity index (χ1n) is 9.75. The monoisotopic (exact) mass is 433 g/mol. The predicted molar refractivity (Wildman–Crippen MR) is 106 cm³/mol. The van der Waals surface area contributed by atoms with Crippen LogP contribution >= 0.6 is 12.4 Å². The van der Waals surface area contributed by atoms with Gasteiger partial charge in [0.1, 0.15) is 0 Å². The summed E-state index contributed by atoms with van der Waals surface area (Å²) in [5, 5.41) is 2.83. The summed E-state index contributed by atoms with van der Waals surface area (Å²) < 4.78 is 38.8. The van der Waals surface area contributed by atoms with E-state index in [0.717, 1.165) is 31.4 Å². The summed E-state index contributed by atoms with van der Waals surface area (Å²) in [4.78, 5) is 26.5. The molecule has 1 aromatic rings. The molecule has 2 fully saturated rings. The molecular formula is C20H27ClF3N3O2. The molecule has 2 amide bonds. The van der Waals surface area contributed by atoms with E-state index in [0.29, 0.717) is 25.1 Å². The number of nitrogens with two attached hydrogens (primary N) is 1. The minimum Gasteiger partial charge on any atom is -0.354 e. The standard InChI is InChI=1S/C20H26F3N3O2.ClH/c21-20(22,23)14-5-3-4-13(10-14)16-11-17(16)19(28)26-9-2-1-6-15(26)12-25-18(27)7-8-24;/h3-5,10,15-17H,1-2,6-9,11-12,24H2,(H,25,27);1H. The lowest BCUT2D eigenvalue weighted by atomic mass is 10.00. The zero-order valence-electron chi connectivity index (χ0n) is 16.1. The molecule has 5 nitrogen and oxygen atoms in total. The highest BCUT2D eigenvalue weighted by molar-refractivity contribution is 5.85. The molecule has 1 aliphatic carbocycles. The van der Waals surface area contributed by atoms with Crippen LogP contribution in [0.1, 0.15) is 49.1 Å². The normalized spacial score (nSPS) is 23.9. The Labute approximate surface area is 174 Å². The highest BCUT2D eigenvalue weighted by Gasteiger charge is 2.47. The molecule has 3 atom stereocenters. The third-order valence-electron chi connectivity index (χ3n) is 5.57. The molecule has 0 spiro atoms. The lowest BCUT2D eigenvalue weighted by Gasteiger charge is -2.36. The van der Waals surface area contributed by atoms with Crippen LogP contribution in [-0.2, 0) is 15.8 Å². The van der Waals surface area contributed by atoms with Gasteiger partial charge in [-0.1, -0.05) is 18.2 Å². The first kappa shape index (κ1) is 23.5. The highest BCUT2D eigenvalue weighted by atomic mass is 35.5. The molecule has 1 aromatic carbocycles. The number of hydrogen-bond acceptors (Lipinski definition) is 3. The molecule has 3 N–H and O–H groups in total. The summed E-state index contributed by atoms with van der Waals surface area (Å²) >= 11 is 0. The minimum absolute atomic E-state index is 0. The second-order valence-corrected chi connectivity index (χ2v) is 7.60. The van der Waals surface area contributed by atoms with Gasteiger partial charge in [0, 0.05) is 38.0 Å². The Balaban J connectivity index is 0.00000300. The lowest BCUT2D eigenvalue weighted by molar-refractivity contribution is -0.137. The van der Waals surface area contributed by atoms with E-state index in [-0.39, 0.29) is 55.1 Å². The van der Waals surface area contributed by atoms with Crippen molar-refractivity contribution in [3.63, 3.8) is 0 Å². The first-order valence-corrected chi connectivity index (χ1v) is 9.75. The third kappa shape index (κ3) is 5.85. The van der Waals surface area contributed by atoms with Gasteiger partial charge >= 0.3 is 6.18 Å². The van der Waals surface area contributed by atoms with E-state index >= 15 is 0 Å². The first-order chi connectivity index (χ1) is 13.3. The van der Waals surface area contributed by atoms with E-state index in [9.17, 15) is 22.8 Å². The fourth-order valence-corrected chi connectivity index (χ4v) is 3.95. The van der Waals surface area contributed by atoms with Crippen molar-refractivity contribution >= 4 is 24.2 Å². The fourth-order valence-electron chi connectivity index (χ4n) is 3.95. The number of carbonyl (C=O) groups excluding carboxylic acids is 2. The van der Waals surface area contributed by atoms with Crippen molar-refractivity contribution in [1.29, 1.82) is 0 Å². The van der Waals surface area contributed by atoms with Crippen molar-refractivity contribution in [2.24, 2.45) is 11.7 Å². The number of hydrogen-bond donors (Lipinski definition) is 2. The molecule has 1 saturated heterocycles. The molecule has 0 radical (unpaired) electrons. The van der Waals surface area contributed by atoms with Crippen molar-refractivity contribution in [3.8, 4) is 0 Å². The van der Waals surface area contributed by atoms with E-state index in [2.05, 4.69) is 5.32 Å². The van der Waals surface area contributed by atoms with E-state index < -0.39 is 11.7 Å². The Morgan fingerprint density at radius 2 is 2.00 bits per heavy atom. The smallest absolute Gasteiger partial charge is 0.354 e. The number of amides is 2. The van der Waals surface area contributed by atoms with E-state index in [4.69, 9.17) is 5.73 Å². The average molecular weight is 434 g/mol. The Morgan fingerprint density at radius 3 is 2.69 bits per heavy atom. The summed E-state index contributed by atoms with van der Waals surface area (Å²) in [5.74, 6) is -0.582. The highest BCUT2D eigenvalue weighted by Crippen LogP contribution is 2.49. The van der Waals surface area contributed by atoms with Crippen LogP contribution in [0.15, 0.2) is 24.3 Å². The van der Waals surface area contributed by atoms with Crippen molar-refractivity contribution in [2.45, 2.75) is 50.2 Å². The number of rotatable bonds is 6. The Morgan fingerprint density at radius 1 is 1.24 bits per heavy atom. The summed E-state index contributed by atoms with van der Waals surface area (Å²) in [6, 6.07) is 5.19. The van der Waals surface area contributed by atoms with Gasteiger partial charge in [-0.25, -0.2) is 0 Å². The van der Waals surface area contributed by atoms with Crippen molar-refractivity contribution < 1.29 is 22.8 Å². The molecule has 0 aromatic heterocycles. The molecule has 3 unspecified atom stereocenters. The SMILES string of the molecule is Cl.NCCC(=O)NCC1CCCCN1C(=O)C1CC1c1cccc(C(F)(F)F)c1. The maximum Gasteiger partial charge on any atom is 0.416 e. The maximum absolute atomic E-state index is 13.0. The number of halogens is 4. The van der Waals surface area contributed by atoms with Crippen LogP contribution in [0.2, 0.25) is 0 Å². The summed E-state index contributed by atoms with van der Waals surface area (Å²) in [6.07, 6.45) is -0.855. The largest absolute Gasteiger partial charge is 0.416 e. The molecule has 1 heterocycles. The topological polar surface area (TPSA) is 75.4 Å². The second-order valence-electron chi connectivity index (χ2n) is 7.60. The maximum atomic E-state index is 13.0. The fraction of sp³-hybridized carbons (Fsp3) is 0.600. The van der Waals surface area contributed by atoms with Gasteiger partial charge in [-0.05, 0) is 43.2 Å². The molecule has 1 saturated carbocycles. The Bertz CT molecular complexity index is 729. The van der Waals surface area contributed by atoms with Gasteiger partial charge in [-0.15, -0.1) is 12.4 Å². The number of alkyl halides is 3. The zero-order chi connectivity index (χ0) is 20.3. The van der Waals surface area contributed by atoms with Gasteiger partial charge in [0.25, 0.3) is 0 Å². The average Bonchev–Trinajstić information content (AvgIpc) is 3.47. The molecular weight excluding hydrogens is 407 g/mol. The number of carbonyl (C=O) groups is 2. The van der Waals surface area contributed by atoms with Gasteiger partial charge in [0.05, 0.1) is 5.56 Å². The summed E-state index contributed by atoms with van der Waals surface area (Å²) in [5.41, 5.74) is 5.26. The number of likely N-dealkylation sites (tertiary alicyclic amines) is 1. The van der Waals surface area contributed by atoms with Crippen LogP contribution in [-0.4, -0.2) is 42.4 Å². The Kier molecular flexibility index (Phi) is 7.94. The lowest BCUT2D eigenvalue weighted by Crippen LogP contribution is -2.50. The van der Waals surface area contributed by atoms with Crippen LogP contribution in [0, 0.1) is 5.92 Å². The van der Waals surface area contributed by atoms with Crippen molar-refractivity contribution in [2.75, 3.05) is 19.6 Å². The van der Waals surface area contributed by atoms with E-state index in [1.54, 1.807) is 6.07 Å². The number of nitrogens with one attached hydrogen (secondary N) is 1. The van der Waals surface area contributed by atoms with Crippen molar-refractivity contribution in [3.05, 3.63) is 35.4 Å². The zero-order valence-corrected chi connectivity index (χ0v) is 16.9. The molecule has 162 valence electrons. The molecule has 3 rings (SSSR count). The van der Waals surface area contributed by atoms with E-state index in [1.807, 2.05) is 4.90 Å². The van der Waals surface area contributed by atoms with Crippen LogP contribution in [0.25, 0.3) is 0 Å². The number of piperidine rings is 1. The van der Waals surface area contributed by atoms with Gasteiger partial charge in [-0.3, -0.25) is 9.59 Å². The summed E-state index contributed by atoms with van der Waals surface area (Å²) in [7, 11) is 0. The summed E-state index contributed by atoms with van der Waals surface area (Å²) in [6.45, 7) is 1.30. The Hall–Kier alpha value is -1.80. The third-order valence-corrected chi connectivity index (χ3v) is 5.57. The quantitative estimate of drug-likeness (QED) is 0.724. The second kappa shape index (κ2) is 9.80. The predicted octanol–water partition coefficient (Wildman–Crippen LogP) is 3.08. The molecule has 9 heteroatoms. The minimum atomic E-state index is -4.38. The molecule has 29 heavy (non-hydrogen) atoms. The van der Waals surface area contributed by atoms with Crippen LogP contribution < -0.4 is 11.1 Å². The van der Waals surface area contributed by atoms with E-state index in [1.165, 1.54) is 6.07 Å². The molecule has 0 bridgehead atoms. The van der Waals surface area contributed by atoms with Gasteiger partial charge in [0.2, 0.25) is 11.8 Å². The number of nitrogens with zero attached hydrogens (tertiary/aromatic N) is 1. The molecule has 2 aliphatic rings. The van der Waals surface area contributed by atoms with Crippen molar-refractivity contribution in [1.82, 2.24) is 10.2 Å². The van der Waals surface area contributed by atoms with Gasteiger partial charge in [0.15, 0.2) is 0 Å². The van der Waals surface area contributed by atoms with Crippen LogP contribution in [0.4, 0.5) is 13.2 Å². The van der Waals surface area contributed by atoms with Gasteiger partial charge < -0.3 is 16.0 Å². The number of benzene rings is 1. The van der Waals surface area contributed by atoms with Gasteiger partial charge in [-0.2, -0.15) is 13.2 Å². The van der Waals surface area contributed by atoms with Crippen LogP contribution in [0.5, 0.6) is 0 Å².